The fraction of sp³-hybridized carbons (Fsp3) is 0.125. The predicted octanol–water partition coefficient (Wildman–Crippen LogP) is 3.02. The standard InChI is InChI=1S/C16H15NO3/c1-20-16(19)17-10-13-3-2-4-15(9-13)14-7-5-12(11-18)6-8-14/h2-9,11H,10H2,1H3,(H,17,19). The van der Waals surface area contributed by atoms with E-state index in [1.807, 2.05) is 36.4 Å². The van der Waals surface area contributed by atoms with E-state index in [1.165, 1.54) is 7.11 Å². The zero-order valence-corrected chi connectivity index (χ0v) is 11.1. The van der Waals surface area contributed by atoms with Gasteiger partial charge in [0.25, 0.3) is 0 Å². The second-order valence-electron chi connectivity index (χ2n) is 4.29. The molecule has 0 unspecified atom stereocenters. The first kappa shape index (κ1) is 13.8. The summed E-state index contributed by atoms with van der Waals surface area (Å²) in [6.07, 6.45) is 0.367. The van der Waals surface area contributed by atoms with Crippen LogP contribution in [0.5, 0.6) is 0 Å². The summed E-state index contributed by atoms with van der Waals surface area (Å²) in [5, 5.41) is 2.64. The van der Waals surface area contributed by atoms with Crippen LogP contribution in [0.4, 0.5) is 4.79 Å². The minimum Gasteiger partial charge on any atom is -0.453 e. The van der Waals surface area contributed by atoms with Crippen LogP contribution < -0.4 is 5.32 Å². The molecule has 0 radical (unpaired) electrons. The molecule has 0 aliphatic heterocycles. The van der Waals surface area contributed by atoms with Gasteiger partial charge in [0.05, 0.1) is 7.11 Å². The van der Waals surface area contributed by atoms with Crippen LogP contribution in [0.1, 0.15) is 15.9 Å². The van der Waals surface area contributed by atoms with E-state index in [0.717, 1.165) is 23.0 Å². The average Bonchev–Trinajstić information content (AvgIpc) is 2.53. The van der Waals surface area contributed by atoms with Crippen molar-refractivity contribution in [3.05, 3.63) is 59.7 Å². The lowest BCUT2D eigenvalue weighted by Crippen LogP contribution is -2.22. The number of alkyl carbamates (subject to hydrolysis) is 1. The highest BCUT2D eigenvalue weighted by atomic mass is 16.5. The van der Waals surface area contributed by atoms with Crippen LogP contribution in [0, 0.1) is 0 Å². The van der Waals surface area contributed by atoms with Crippen molar-refractivity contribution in [2.75, 3.05) is 7.11 Å². The fourth-order valence-corrected chi connectivity index (χ4v) is 1.86. The first-order chi connectivity index (χ1) is 9.72. The summed E-state index contributed by atoms with van der Waals surface area (Å²) >= 11 is 0. The Balaban J connectivity index is 2.15. The Labute approximate surface area is 117 Å². The van der Waals surface area contributed by atoms with Crippen LogP contribution >= 0.6 is 0 Å². The maximum absolute atomic E-state index is 11.0. The van der Waals surface area contributed by atoms with Gasteiger partial charge in [-0.15, -0.1) is 0 Å². The molecule has 0 aliphatic carbocycles. The van der Waals surface area contributed by atoms with Gasteiger partial charge >= 0.3 is 6.09 Å². The second-order valence-corrected chi connectivity index (χ2v) is 4.29. The Kier molecular flexibility index (Phi) is 4.50. The first-order valence-corrected chi connectivity index (χ1v) is 6.19. The molecule has 0 heterocycles. The monoisotopic (exact) mass is 269 g/mol. The molecule has 1 N–H and O–H groups in total. The number of benzene rings is 2. The number of methoxy groups -OCH3 is 1. The van der Waals surface area contributed by atoms with Gasteiger partial charge in [0.1, 0.15) is 6.29 Å². The number of nitrogens with one attached hydrogen (secondary N) is 1. The molecule has 0 fully saturated rings. The van der Waals surface area contributed by atoms with Gasteiger partial charge in [-0.2, -0.15) is 0 Å². The number of carbonyl (C=O) groups is 2. The van der Waals surface area contributed by atoms with Crippen molar-refractivity contribution < 1.29 is 14.3 Å². The van der Waals surface area contributed by atoms with E-state index in [4.69, 9.17) is 0 Å². The Morgan fingerprint density at radius 1 is 1.15 bits per heavy atom. The van der Waals surface area contributed by atoms with Gasteiger partial charge in [0.15, 0.2) is 0 Å². The normalized spacial score (nSPS) is 9.85. The van der Waals surface area contributed by atoms with Gasteiger partial charge in [-0.3, -0.25) is 4.79 Å². The van der Waals surface area contributed by atoms with E-state index in [9.17, 15) is 9.59 Å². The lowest BCUT2D eigenvalue weighted by atomic mass is 10.0. The topological polar surface area (TPSA) is 55.4 Å². The molecule has 20 heavy (non-hydrogen) atoms. The molecule has 2 aromatic rings. The summed E-state index contributed by atoms with van der Waals surface area (Å²) in [4.78, 5) is 21.7. The average molecular weight is 269 g/mol. The van der Waals surface area contributed by atoms with Gasteiger partial charge < -0.3 is 10.1 Å². The van der Waals surface area contributed by atoms with Gasteiger partial charge in [-0.05, 0) is 22.8 Å². The molecule has 0 saturated carbocycles. The van der Waals surface area contributed by atoms with Gasteiger partial charge in [-0.25, -0.2) is 4.79 Å². The third-order valence-corrected chi connectivity index (χ3v) is 2.93. The summed E-state index contributed by atoms with van der Waals surface area (Å²) in [6, 6.07) is 15.2. The Morgan fingerprint density at radius 2 is 1.90 bits per heavy atom. The Hall–Kier alpha value is -2.62. The molecule has 0 atom stereocenters. The Bertz CT molecular complexity index is 605. The van der Waals surface area contributed by atoms with E-state index in [1.54, 1.807) is 12.1 Å². The summed E-state index contributed by atoms with van der Waals surface area (Å²) in [7, 11) is 1.33. The van der Waals surface area contributed by atoms with E-state index in [0.29, 0.717) is 12.1 Å². The maximum Gasteiger partial charge on any atom is 0.407 e. The quantitative estimate of drug-likeness (QED) is 0.868. The number of hydrogen-bond acceptors (Lipinski definition) is 3. The van der Waals surface area contributed by atoms with E-state index in [-0.39, 0.29) is 0 Å². The minimum atomic E-state index is -0.453. The number of aldehydes is 1. The van der Waals surface area contributed by atoms with E-state index in [2.05, 4.69) is 10.1 Å². The molecular weight excluding hydrogens is 254 g/mol. The molecule has 0 saturated heterocycles. The highest BCUT2D eigenvalue weighted by Gasteiger charge is 2.02. The van der Waals surface area contributed by atoms with E-state index >= 15 is 0 Å². The minimum absolute atomic E-state index is 0.410. The maximum atomic E-state index is 11.0. The largest absolute Gasteiger partial charge is 0.453 e. The van der Waals surface area contributed by atoms with Crippen molar-refractivity contribution >= 4 is 12.4 Å². The van der Waals surface area contributed by atoms with Crippen LogP contribution in [-0.2, 0) is 11.3 Å². The van der Waals surface area contributed by atoms with Crippen molar-refractivity contribution in [2.24, 2.45) is 0 Å². The van der Waals surface area contributed by atoms with Crippen LogP contribution in [0.15, 0.2) is 48.5 Å². The molecule has 2 aromatic carbocycles. The van der Waals surface area contributed by atoms with Gasteiger partial charge in [0, 0.05) is 12.1 Å². The Morgan fingerprint density at radius 3 is 2.55 bits per heavy atom. The number of carbonyl (C=O) groups excluding carboxylic acids is 2. The number of ether oxygens (including phenoxy) is 1. The van der Waals surface area contributed by atoms with Crippen molar-refractivity contribution in [2.45, 2.75) is 6.54 Å². The lowest BCUT2D eigenvalue weighted by Gasteiger charge is -2.07. The van der Waals surface area contributed by atoms with E-state index < -0.39 is 6.09 Å². The van der Waals surface area contributed by atoms with Crippen LogP contribution in [0.3, 0.4) is 0 Å². The lowest BCUT2D eigenvalue weighted by molar-refractivity contribution is 0.112. The fourth-order valence-electron chi connectivity index (χ4n) is 1.86. The molecule has 4 heteroatoms. The number of rotatable bonds is 4. The molecule has 1 amide bonds. The molecule has 0 bridgehead atoms. The van der Waals surface area contributed by atoms with Gasteiger partial charge in [0.2, 0.25) is 0 Å². The highest BCUT2D eigenvalue weighted by molar-refractivity contribution is 5.77. The third kappa shape index (κ3) is 3.45. The zero-order valence-electron chi connectivity index (χ0n) is 11.1. The van der Waals surface area contributed by atoms with Crippen LogP contribution in [-0.4, -0.2) is 19.5 Å². The summed E-state index contributed by atoms with van der Waals surface area (Å²) in [5.41, 5.74) is 3.69. The zero-order chi connectivity index (χ0) is 14.4. The van der Waals surface area contributed by atoms with Crippen molar-refractivity contribution in [1.29, 1.82) is 0 Å². The van der Waals surface area contributed by atoms with Crippen molar-refractivity contribution in [1.82, 2.24) is 5.32 Å². The summed E-state index contributed by atoms with van der Waals surface area (Å²) in [6.45, 7) is 0.410. The second kappa shape index (κ2) is 6.52. The molecule has 102 valence electrons. The molecule has 0 aromatic heterocycles. The highest BCUT2D eigenvalue weighted by Crippen LogP contribution is 2.20. The van der Waals surface area contributed by atoms with Crippen molar-refractivity contribution in [3.63, 3.8) is 0 Å². The molecular formula is C16H15NO3. The number of hydrogen-bond donors (Lipinski definition) is 1. The van der Waals surface area contributed by atoms with Crippen LogP contribution in [0.25, 0.3) is 11.1 Å². The smallest absolute Gasteiger partial charge is 0.407 e. The van der Waals surface area contributed by atoms with Crippen LogP contribution in [0.2, 0.25) is 0 Å². The summed E-state index contributed by atoms with van der Waals surface area (Å²) in [5.74, 6) is 0. The molecule has 2 rings (SSSR count). The SMILES string of the molecule is COC(=O)NCc1cccc(-c2ccc(C=O)cc2)c1. The van der Waals surface area contributed by atoms with Gasteiger partial charge in [-0.1, -0.05) is 42.5 Å². The first-order valence-electron chi connectivity index (χ1n) is 6.19. The molecule has 4 nitrogen and oxygen atoms in total. The third-order valence-electron chi connectivity index (χ3n) is 2.93. The summed E-state index contributed by atoms with van der Waals surface area (Å²) < 4.78 is 4.53. The molecule has 0 aliphatic rings. The molecule has 0 spiro atoms. The predicted molar refractivity (Wildman–Crippen MR) is 76.5 cm³/mol. The van der Waals surface area contributed by atoms with Crippen molar-refractivity contribution in [3.8, 4) is 11.1 Å². The number of amides is 1.